The van der Waals surface area contributed by atoms with Crippen LogP contribution in [0.4, 0.5) is 0 Å². The van der Waals surface area contributed by atoms with Gasteiger partial charge in [0.25, 0.3) is 5.91 Å². The van der Waals surface area contributed by atoms with Gasteiger partial charge in [-0.1, -0.05) is 23.7 Å². The number of amides is 2. The van der Waals surface area contributed by atoms with Crippen LogP contribution in [-0.4, -0.2) is 40.9 Å². The van der Waals surface area contributed by atoms with Gasteiger partial charge in [-0.05, 0) is 35.6 Å². The van der Waals surface area contributed by atoms with Crippen molar-refractivity contribution < 1.29 is 19.5 Å². The molecule has 0 saturated heterocycles. The highest BCUT2D eigenvalue weighted by molar-refractivity contribution is 7.08. The van der Waals surface area contributed by atoms with E-state index >= 15 is 0 Å². The van der Waals surface area contributed by atoms with Crippen LogP contribution in [0.5, 0.6) is 0 Å². The molecule has 2 amide bonds. The molecule has 0 fully saturated rings. The second-order valence-electron chi connectivity index (χ2n) is 5.64. The summed E-state index contributed by atoms with van der Waals surface area (Å²) in [5.74, 6) is -1.52. The highest BCUT2D eigenvalue weighted by Gasteiger charge is 2.17. The molecule has 8 heteroatoms. The van der Waals surface area contributed by atoms with Gasteiger partial charge in [0.15, 0.2) is 0 Å². The van der Waals surface area contributed by atoms with Gasteiger partial charge in [-0.15, -0.1) is 0 Å². The monoisotopic (exact) mass is 394 g/mol. The lowest BCUT2D eigenvalue weighted by Crippen LogP contribution is -2.35. The van der Waals surface area contributed by atoms with E-state index in [4.69, 9.17) is 16.7 Å². The van der Waals surface area contributed by atoms with Gasteiger partial charge in [0.05, 0.1) is 0 Å². The van der Waals surface area contributed by atoms with Gasteiger partial charge in [-0.25, -0.2) is 0 Å². The van der Waals surface area contributed by atoms with Crippen LogP contribution in [0.3, 0.4) is 0 Å². The third-order valence-electron chi connectivity index (χ3n) is 3.60. The lowest BCUT2D eigenvalue weighted by Gasteiger charge is -2.21. The van der Waals surface area contributed by atoms with Crippen molar-refractivity contribution in [3.63, 3.8) is 0 Å². The van der Waals surface area contributed by atoms with E-state index in [-0.39, 0.29) is 31.3 Å². The highest BCUT2D eigenvalue weighted by atomic mass is 35.5. The van der Waals surface area contributed by atoms with E-state index in [0.29, 0.717) is 23.6 Å². The Kier molecular flexibility index (Phi) is 7.62. The average Bonchev–Trinajstić information content (AvgIpc) is 3.14. The van der Waals surface area contributed by atoms with Crippen molar-refractivity contribution in [3.05, 3.63) is 57.2 Å². The molecule has 1 aromatic heterocycles. The number of nitrogens with zero attached hydrogens (tertiary/aromatic N) is 1. The first-order valence-electron chi connectivity index (χ1n) is 8.00. The molecule has 2 rings (SSSR count). The molecule has 138 valence electrons. The van der Waals surface area contributed by atoms with E-state index in [9.17, 15) is 14.4 Å². The molecule has 0 aliphatic rings. The second-order valence-corrected chi connectivity index (χ2v) is 6.86. The number of nitrogens with one attached hydrogen (secondary N) is 1. The number of halogens is 1. The van der Waals surface area contributed by atoms with Crippen LogP contribution in [-0.2, 0) is 16.1 Å². The van der Waals surface area contributed by atoms with E-state index < -0.39 is 5.97 Å². The smallest absolute Gasteiger partial charge is 0.323 e. The Balaban J connectivity index is 1.82. The van der Waals surface area contributed by atoms with Crippen LogP contribution in [0.1, 0.15) is 28.8 Å². The SMILES string of the molecule is O=C(O)CN(Cc1ccc(Cl)cc1)C(=O)CCCNC(=O)c1ccsc1. The maximum Gasteiger partial charge on any atom is 0.323 e. The number of carboxylic acid groups (broad SMARTS) is 1. The standard InChI is InChI=1S/C18H19ClN2O4S/c19-15-5-3-13(4-6-15)10-21(11-17(23)24)16(22)2-1-8-20-18(25)14-7-9-26-12-14/h3-7,9,12H,1-2,8,10-11H2,(H,20,25)(H,23,24). The lowest BCUT2D eigenvalue weighted by atomic mass is 10.2. The fraction of sp³-hybridized carbons (Fsp3) is 0.278. The van der Waals surface area contributed by atoms with Crippen molar-refractivity contribution >= 4 is 40.7 Å². The summed E-state index contributed by atoms with van der Waals surface area (Å²) in [6.45, 7) is 0.175. The van der Waals surface area contributed by atoms with Crippen molar-refractivity contribution in [2.24, 2.45) is 0 Å². The third kappa shape index (κ3) is 6.50. The molecular weight excluding hydrogens is 376 g/mol. The molecule has 1 aromatic carbocycles. The molecule has 0 radical (unpaired) electrons. The van der Waals surface area contributed by atoms with Crippen LogP contribution in [0.2, 0.25) is 5.02 Å². The number of carbonyl (C=O) groups excluding carboxylic acids is 2. The molecule has 26 heavy (non-hydrogen) atoms. The molecule has 0 atom stereocenters. The van der Waals surface area contributed by atoms with Gasteiger partial charge in [0, 0.05) is 35.5 Å². The first-order chi connectivity index (χ1) is 12.5. The number of hydrogen-bond acceptors (Lipinski definition) is 4. The molecule has 0 bridgehead atoms. The number of carboxylic acids is 1. The molecule has 0 aliphatic heterocycles. The normalized spacial score (nSPS) is 10.3. The zero-order valence-corrected chi connectivity index (χ0v) is 15.6. The fourth-order valence-corrected chi connectivity index (χ4v) is 3.06. The molecular formula is C18H19ClN2O4S. The van der Waals surface area contributed by atoms with Gasteiger partial charge >= 0.3 is 5.97 Å². The summed E-state index contributed by atoms with van der Waals surface area (Å²) >= 11 is 7.27. The van der Waals surface area contributed by atoms with Crippen molar-refractivity contribution in [1.82, 2.24) is 10.2 Å². The number of carbonyl (C=O) groups is 3. The maximum absolute atomic E-state index is 12.3. The van der Waals surface area contributed by atoms with Crippen LogP contribution in [0, 0.1) is 0 Å². The van der Waals surface area contributed by atoms with Crippen LogP contribution in [0.15, 0.2) is 41.1 Å². The van der Waals surface area contributed by atoms with Gasteiger partial charge in [0.1, 0.15) is 6.54 Å². The maximum atomic E-state index is 12.3. The number of benzene rings is 1. The van der Waals surface area contributed by atoms with Gasteiger partial charge in [0.2, 0.25) is 5.91 Å². The summed E-state index contributed by atoms with van der Waals surface area (Å²) < 4.78 is 0. The van der Waals surface area contributed by atoms with E-state index in [0.717, 1.165) is 5.56 Å². The Labute approximate surface area is 160 Å². The molecule has 0 aliphatic carbocycles. The number of thiophene rings is 1. The average molecular weight is 395 g/mol. The molecule has 0 unspecified atom stereocenters. The molecule has 2 N–H and O–H groups in total. The van der Waals surface area contributed by atoms with E-state index in [1.165, 1.54) is 16.2 Å². The summed E-state index contributed by atoms with van der Waals surface area (Å²) in [7, 11) is 0. The van der Waals surface area contributed by atoms with Crippen molar-refractivity contribution in [2.75, 3.05) is 13.1 Å². The van der Waals surface area contributed by atoms with Gasteiger partial charge < -0.3 is 15.3 Å². The largest absolute Gasteiger partial charge is 0.480 e. The first-order valence-corrected chi connectivity index (χ1v) is 9.32. The van der Waals surface area contributed by atoms with Crippen molar-refractivity contribution in [1.29, 1.82) is 0 Å². The van der Waals surface area contributed by atoms with Crippen LogP contribution in [0.25, 0.3) is 0 Å². The summed E-state index contributed by atoms with van der Waals surface area (Å²) in [5, 5.41) is 15.9. The van der Waals surface area contributed by atoms with Crippen molar-refractivity contribution in [3.8, 4) is 0 Å². The zero-order valence-electron chi connectivity index (χ0n) is 14.0. The molecule has 0 spiro atoms. The Hall–Kier alpha value is -2.38. The van der Waals surface area contributed by atoms with Crippen LogP contribution >= 0.6 is 22.9 Å². The first kappa shape index (κ1) is 19.9. The quantitative estimate of drug-likeness (QED) is 0.640. The summed E-state index contributed by atoms with van der Waals surface area (Å²) in [6, 6.07) is 8.63. The topological polar surface area (TPSA) is 86.7 Å². The van der Waals surface area contributed by atoms with Gasteiger partial charge in [-0.3, -0.25) is 14.4 Å². The van der Waals surface area contributed by atoms with Crippen molar-refractivity contribution in [2.45, 2.75) is 19.4 Å². The summed E-state index contributed by atoms with van der Waals surface area (Å²) in [5.41, 5.74) is 1.39. The Morgan fingerprint density at radius 2 is 1.88 bits per heavy atom. The predicted molar refractivity (Wildman–Crippen MR) is 100 cm³/mol. The fourth-order valence-electron chi connectivity index (χ4n) is 2.30. The summed E-state index contributed by atoms with van der Waals surface area (Å²) in [4.78, 5) is 36.5. The van der Waals surface area contributed by atoms with Crippen LogP contribution < -0.4 is 5.32 Å². The number of rotatable bonds is 9. The van der Waals surface area contributed by atoms with Gasteiger partial charge in [-0.2, -0.15) is 11.3 Å². The lowest BCUT2D eigenvalue weighted by molar-refractivity contribution is -0.144. The molecule has 2 aromatic rings. The minimum absolute atomic E-state index is 0.158. The Bertz CT molecular complexity index is 747. The zero-order chi connectivity index (χ0) is 18.9. The molecule has 1 heterocycles. The van der Waals surface area contributed by atoms with E-state index in [2.05, 4.69) is 5.32 Å². The Morgan fingerprint density at radius 1 is 1.15 bits per heavy atom. The second kappa shape index (κ2) is 9.94. The minimum atomic E-state index is -1.07. The van der Waals surface area contributed by atoms with E-state index in [1.807, 2.05) is 5.38 Å². The number of aliphatic carboxylic acids is 1. The Morgan fingerprint density at radius 3 is 2.50 bits per heavy atom. The molecule has 6 nitrogen and oxygen atoms in total. The van der Waals surface area contributed by atoms with E-state index in [1.54, 1.807) is 35.7 Å². The highest BCUT2D eigenvalue weighted by Crippen LogP contribution is 2.12. The predicted octanol–water partition coefficient (Wildman–Crippen LogP) is 3.02. The third-order valence-corrected chi connectivity index (χ3v) is 4.54. The minimum Gasteiger partial charge on any atom is -0.480 e. The summed E-state index contributed by atoms with van der Waals surface area (Å²) in [6.07, 6.45) is 0.593. The number of hydrogen-bond donors (Lipinski definition) is 2. The molecule has 0 saturated carbocycles.